The van der Waals surface area contributed by atoms with Crippen LogP contribution in [0, 0.1) is 0 Å². The summed E-state index contributed by atoms with van der Waals surface area (Å²) in [5.41, 5.74) is 1.11. The Morgan fingerprint density at radius 3 is 1.38 bits per heavy atom. The quantitative estimate of drug-likeness (QED) is 0.184. The number of aliphatic hydroxyl groups is 2. The molecule has 0 aliphatic carbocycles. The Hall–Kier alpha value is -3.01. The third kappa shape index (κ3) is 7.98. The van der Waals surface area contributed by atoms with Crippen molar-refractivity contribution < 1.29 is 62.8 Å². The number of methoxy groups -OCH3 is 2. The Balaban J connectivity index is 0.000000253. The number of nitrogens with zero attached hydrogens (tertiary/aromatic N) is 2. The molecule has 4 aromatic rings. The maximum atomic E-state index is 12.1. The summed E-state index contributed by atoms with van der Waals surface area (Å²) in [5, 5.41) is 17.9. The fourth-order valence-corrected chi connectivity index (χ4v) is 4.49. The van der Waals surface area contributed by atoms with Gasteiger partial charge in [0.2, 0.25) is 11.5 Å². The zero-order valence-corrected chi connectivity index (χ0v) is 21.3. The first-order chi connectivity index (χ1) is 16.8. The third-order valence-electron chi connectivity index (χ3n) is 4.33. The molecule has 2 aromatic carbocycles. The van der Waals surface area contributed by atoms with Gasteiger partial charge in [-0.05, 0) is 36.4 Å². The molecule has 0 atom stereocenters. The summed E-state index contributed by atoms with van der Waals surface area (Å²) in [5.74, 6) is -2.12. The molecule has 2 heterocycles. The van der Waals surface area contributed by atoms with Gasteiger partial charge in [-0.1, -0.05) is 0 Å². The zero-order valence-electron chi connectivity index (χ0n) is 18.6. The van der Waals surface area contributed by atoms with Crippen LogP contribution in [0.3, 0.4) is 0 Å². The maximum absolute atomic E-state index is 12.1. The Labute approximate surface area is 223 Å². The maximum Gasteiger partial charge on any atom is 2.00 e. The smallest absolute Gasteiger partial charge is 0.504 e. The van der Waals surface area contributed by atoms with E-state index < -0.39 is 23.9 Å². The molecule has 0 amide bonds. The van der Waals surface area contributed by atoms with Crippen molar-refractivity contribution >= 4 is 55.3 Å². The standard InChI is InChI=1S/2C11H8F3NO2S.Co/c2*1-17-6-2-3-7-8(4-6)18-10(15-7)5-9(16)11(12,13)14;/h2*2-5,16H,1H3;/q;;+2. The van der Waals surface area contributed by atoms with Crippen LogP contribution in [0.1, 0.15) is 10.0 Å². The Bertz CT molecular complexity index is 1320. The Morgan fingerprint density at radius 2 is 1.08 bits per heavy atom. The molecule has 0 fully saturated rings. The minimum absolute atomic E-state index is 0. The van der Waals surface area contributed by atoms with Gasteiger partial charge in [0.25, 0.3) is 0 Å². The number of benzene rings is 2. The summed E-state index contributed by atoms with van der Waals surface area (Å²) in [7, 11) is 3.00. The first-order valence-corrected chi connectivity index (χ1v) is 11.3. The van der Waals surface area contributed by atoms with E-state index in [-0.39, 0.29) is 26.8 Å². The van der Waals surface area contributed by atoms with Crippen LogP contribution >= 0.6 is 22.7 Å². The van der Waals surface area contributed by atoms with E-state index in [1.165, 1.54) is 14.2 Å². The van der Waals surface area contributed by atoms with Crippen LogP contribution in [0.15, 0.2) is 47.9 Å². The Morgan fingerprint density at radius 1 is 0.730 bits per heavy atom. The van der Waals surface area contributed by atoms with Crippen LogP contribution in [0.2, 0.25) is 0 Å². The molecule has 0 aliphatic heterocycles. The van der Waals surface area contributed by atoms with Gasteiger partial charge in [-0.3, -0.25) is 0 Å². The molecule has 1 radical (unpaired) electrons. The molecule has 4 rings (SSSR count). The van der Waals surface area contributed by atoms with Crippen LogP contribution in [-0.4, -0.2) is 46.8 Å². The molecule has 0 bridgehead atoms. The van der Waals surface area contributed by atoms with Crippen molar-refractivity contribution in [2.45, 2.75) is 12.4 Å². The minimum atomic E-state index is -4.75. The van der Waals surface area contributed by atoms with Gasteiger partial charge in [-0.15, -0.1) is 22.7 Å². The van der Waals surface area contributed by atoms with Crippen LogP contribution < -0.4 is 9.47 Å². The van der Waals surface area contributed by atoms with Crippen molar-refractivity contribution in [3.63, 3.8) is 0 Å². The molecular formula is C22H16CoF6N2O4S2+2. The molecule has 15 heteroatoms. The third-order valence-corrected chi connectivity index (χ3v) is 6.26. The predicted octanol–water partition coefficient (Wildman–Crippen LogP) is 7.53. The molecule has 6 nitrogen and oxygen atoms in total. The average Bonchev–Trinajstić information content (AvgIpc) is 3.39. The number of hydrogen-bond donors (Lipinski definition) is 2. The number of fused-ring (bicyclic) bond motifs is 2. The molecule has 37 heavy (non-hydrogen) atoms. The summed E-state index contributed by atoms with van der Waals surface area (Å²) in [6.07, 6.45) is -8.29. The van der Waals surface area contributed by atoms with Crippen molar-refractivity contribution in [1.29, 1.82) is 0 Å². The van der Waals surface area contributed by atoms with E-state index in [1.54, 1.807) is 36.4 Å². The topological polar surface area (TPSA) is 84.7 Å². The average molecular weight is 609 g/mol. The molecule has 2 N–H and O–H groups in total. The zero-order chi connectivity index (χ0) is 26.7. The van der Waals surface area contributed by atoms with Gasteiger partial charge < -0.3 is 19.7 Å². The first kappa shape index (κ1) is 30.2. The minimum Gasteiger partial charge on any atom is -0.504 e. The number of ether oxygens (including phenoxy) is 2. The number of aromatic nitrogens is 2. The predicted molar refractivity (Wildman–Crippen MR) is 126 cm³/mol. The van der Waals surface area contributed by atoms with Gasteiger partial charge in [0.15, 0.2) is 0 Å². The summed E-state index contributed by atoms with van der Waals surface area (Å²) in [6, 6.07) is 9.97. The Kier molecular flexibility index (Phi) is 9.82. The van der Waals surface area contributed by atoms with E-state index in [1.807, 2.05) is 0 Å². The second kappa shape index (κ2) is 12.0. The van der Waals surface area contributed by atoms with E-state index >= 15 is 0 Å². The van der Waals surface area contributed by atoms with Crippen LogP contribution in [-0.2, 0) is 16.8 Å². The number of allylic oxidation sites excluding steroid dienone is 2. The van der Waals surface area contributed by atoms with Crippen molar-refractivity contribution in [2.24, 2.45) is 0 Å². The summed E-state index contributed by atoms with van der Waals surface area (Å²) in [4.78, 5) is 7.94. The number of thiazole rings is 2. The number of hydrogen-bond acceptors (Lipinski definition) is 8. The van der Waals surface area contributed by atoms with Gasteiger partial charge in [0.1, 0.15) is 21.5 Å². The molecule has 0 spiro atoms. The number of rotatable bonds is 4. The molecule has 199 valence electrons. The molecule has 0 unspecified atom stereocenters. The second-order valence-electron chi connectivity index (χ2n) is 6.83. The van der Waals surface area contributed by atoms with E-state index in [0.29, 0.717) is 44.1 Å². The fourth-order valence-electron chi connectivity index (χ4n) is 2.62. The largest absolute Gasteiger partial charge is 2.00 e. The van der Waals surface area contributed by atoms with Crippen LogP contribution in [0.4, 0.5) is 26.3 Å². The second-order valence-corrected chi connectivity index (χ2v) is 8.95. The van der Waals surface area contributed by atoms with Crippen LogP contribution in [0.5, 0.6) is 11.5 Å². The van der Waals surface area contributed by atoms with Crippen molar-refractivity contribution in [2.75, 3.05) is 14.2 Å². The van der Waals surface area contributed by atoms with Crippen molar-refractivity contribution in [1.82, 2.24) is 9.97 Å². The number of alkyl halides is 6. The summed E-state index contributed by atoms with van der Waals surface area (Å²) < 4.78 is 84.3. The van der Waals surface area contributed by atoms with E-state index in [2.05, 4.69) is 9.97 Å². The van der Waals surface area contributed by atoms with Crippen molar-refractivity contribution in [3.05, 3.63) is 57.9 Å². The van der Waals surface area contributed by atoms with E-state index in [4.69, 9.17) is 19.7 Å². The fraction of sp³-hybridized carbons (Fsp3) is 0.182. The van der Waals surface area contributed by atoms with Gasteiger partial charge >= 0.3 is 29.1 Å². The van der Waals surface area contributed by atoms with E-state index in [9.17, 15) is 26.3 Å². The molecular weight excluding hydrogens is 593 g/mol. The van der Waals surface area contributed by atoms with Gasteiger partial charge in [-0.25, -0.2) is 9.97 Å². The van der Waals surface area contributed by atoms with Crippen molar-refractivity contribution in [3.8, 4) is 11.5 Å². The summed E-state index contributed by atoms with van der Waals surface area (Å²) in [6.45, 7) is 0. The SMILES string of the molecule is COc1ccc2nc(C=C(O)C(F)(F)F)sc2c1.COc1ccc2nc(C=C(O)C(F)(F)F)sc2c1.[Co+2]. The molecule has 2 aromatic heterocycles. The monoisotopic (exact) mass is 609 g/mol. The normalized spacial score (nSPS) is 12.6. The number of aliphatic hydroxyl groups excluding tert-OH is 2. The van der Waals surface area contributed by atoms with Crippen LogP contribution in [0.25, 0.3) is 32.6 Å². The van der Waals surface area contributed by atoms with Gasteiger partial charge in [0.05, 0.1) is 34.7 Å². The van der Waals surface area contributed by atoms with Gasteiger partial charge in [0, 0.05) is 12.2 Å². The first-order valence-electron chi connectivity index (χ1n) is 9.65. The van der Waals surface area contributed by atoms with Gasteiger partial charge in [-0.2, -0.15) is 26.3 Å². The van der Waals surface area contributed by atoms with E-state index in [0.717, 1.165) is 22.7 Å². The molecule has 0 saturated heterocycles. The molecule has 0 aliphatic rings. The number of halogens is 6. The molecule has 0 saturated carbocycles. The summed E-state index contributed by atoms with van der Waals surface area (Å²) >= 11 is 2.09.